The molecule has 0 aromatic heterocycles. The molecule has 5 nitrogen and oxygen atoms in total. The molecule has 1 aromatic rings. The summed E-state index contributed by atoms with van der Waals surface area (Å²) in [6, 6.07) is 7.88. The second-order valence-corrected chi connectivity index (χ2v) is 3.84. The van der Waals surface area contributed by atoms with Gasteiger partial charge >= 0.3 is 5.97 Å². The van der Waals surface area contributed by atoms with Crippen LogP contribution in [0.5, 0.6) is 0 Å². The molecule has 0 atom stereocenters. The van der Waals surface area contributed by atoms with E-state index < -0.39 is 5.97 Å². The Bertz CT molecular complexity index is 551. The van der Waals surface area contributed by atoms with E-state index in [1.54, 1.807) is 24.3 Å². The number of aromatic carboxylic acids is 1. The van der Waals surface area contributed by atoms with Crippen molar-refractivity contribution in [2.45, 2.75) is 0 Å². The highest BCUT2D eigenvalue weighted by Crippen LogP contribution is 2.21. The number of carboxylic acids is 1. The summed E-state index contributed by atoms with van der Waals surface area (Å²) in [7, 11) is 0. The summed E-state index contributed by atoms with van der Waals surface area (Å²) in [4.78, 5) is 10.9. The van der Waals surface area contributed by atoms with Gasteiger partial charge in [0.15, 0.2) is 0 Å². The average Bonchev–Trinajstić information content (AvgIpc) is 2.30. The molecule has 0 aliphatic rings. The van der Waals surface area contributed by atoms with Crippen molar-refractivity contribution in [2.24, 2.45) is 0 Å². The molecule has 0 spiro atoms. The van der Waals surface area contributed by atoms with E-state index in [9.17, 15) is 4.79 Å². The number of nitriles is 2. The molecule has 1 rings (SSSR count). The second-order valence-electron chi connectivity index (χ2n) is 2.92. The number of rotatable bonds is 3. The molecule has 0 aliphatic carbocycles. The summed E-state index contributed by atoms with van der Waals surface area (Å²) in [6.07, 6.45) is 1.16. The van der Waals surface area contributed by atoms with Crippen LogP contribution in [-0.2, 0) is 0 Å². The van der Waals surface area contributed by atoms with E-state index >= 15 is 0 Å². The second kappa shape index (κ2) is 5.69. The summed E-state index contributed by atoms with van der Waals surface area (Å²) in [5.74, 6) is -1.09. The van der Waals surface area contributed by atoms with E-state index in [2.05, 4.69) is 21.2 Å². The summed E-state index contributed by atoms with van der Waals surface area (Å²) < 4.78 is 0.689. The van der Waals surface area contributed by atoms with Crippen LogP contribution in [0.4, 0.5) is 5.69 Å². The van der Waals surface area contributed by atoms with Crippen LogP contribution >= 0.6 is 15.9 Å². The van der Waals surface area contributed by atoms with Crippen LogP contribution in [0.1, 0.15) is 10.4 Å². The molecular weight excluding hydrogens is 286 g/mol. The zero-order valence-electron chi connectivity index (χ0n) is 8.44. The largest absolute Gasteiger partial charge is 0.478 e. The molecule has 1 aromatic carbocycles. The number of benzene rings is 1. The molecule has 6 heteroatoms. The number of carboxylic acid groups (broad SMARTS) is 1. The summed E-state index contributed by atoms with van der Waals surface area (Å²) >= 11 is 3.20. The van der Waals surface area contributed by atoms with E-state index in [4.69, 9.17) is 15.6 Å². The minimum Gasteiger partial charge on any atom is -0.478 e. The van der Waals surface area contributed by atoms with Gasteiger partial charge in [0, 0.05) is 10.7 Å². The van der Waals surface area contributed by atoms with Crippen molar-refractivity contribution in [3.05, 3.63) is 40.0 Å². The zero-order chi connectivity index (χ0) is 12.8. The first-order valence-electron chi connectivity index (χ1n) is 4.38. The van der Waals surface area contributed by atoms with Gasteiger partial charge in [-0.3, -0.25) is 0 Å². The third-order valence-corrected chi connectivity index (χ3v) is 2.32. The maximum atomic E-state index is 10.9. The summed E-state index contributed by atoms with van der Waals surface area (Å²) in [6.45, 7) is 0. The third-order valence-electron chi connectivity index (χ3n) is 1.82. The molecule has 0 bridgehead atoms. The average molecular weight is 292 g/mol. The number of allylic oxidation sites excluding steroid dienone is 1. The molecule has 17 heavy (non-hydrogen) atoms. The Morgan fingerprint density at radius 2 is 2.06 bits per heavy atom. The molecule has 0 saturated carbocycles. The van der Waals surface area contributed by atoms with Gasteiger partial charge in [0.2, 0.25) is 0 Å². The highest BCUT2D eigenvalue weighted by atomic mass is 79.9. The number of carbonyl (C=O) groups is 1. The summed E-state index contributed by atoms with van der Waals surface area (Å²) in [5, 5.41) is 28.6. The molecule has 0 radical (unpaired) electrons. The van der Waals surface area contributed by atoms with Crippen LogP contribution in [0.2, 0.25) is 0 Å². The first-order valence-corrected chi connectivity index (χ1v) is 5.17. The minimum atomic E-state index is -1.09. The lowest BCUT2D eigenvalue weighted by molar-refractivity contribution is 0.0698. The maximum Gasteiger partial charge on any atom is 0.337 e. The van der Waals surface area contributed by atoms with Crippen molar-refractivity contribution in [1.82, 2.24) is 0 Å². The molecule has 0 fully saturated rings. The van der Waals surface area contributed by atoms with Crippen LogP contribution in [-0.4, -0.2) is 11.1 Å². The Kier molecular flexibility index (Phi) is 4.27. The fraction of sp³-hybridized carbons (Fsp3) is 0. The molecule has 0 unspecified atom stereocenters. The quantitative estimate of drug-likeness (QED) is 0.834. The van der Waals surface area contributed by atoms with E-state index in [-0.39, 0.29) is 11.1 Å². The standard InChI is InChI=1S/C11H6BrN3O2/c12-8-1-2-9(11(16)17)10(3-8)15-6-7(4-13)5-14/h1-3,6,15H,(H,16,17). The monoisotopic (exact) mass is 291 g/mol. The van der Waals surface area contributed by atoms with Crippen molar-refractivity contribution in [1.29, 1.82) is 10.5 Å². The maximum absolute atomic E-state index is 10.9. The highest BCUT2D eigenvalue weighted by Gasteiger charge is 2.09. The van der Waals surface area contributed by atoms with E-state index in [1.165, 1.54) is 6.07 Å². The topological polar surface area (TPSA) is 96.9 Å². The van der Waals surface area contributed by atoms with Gasteiger partial charge in [-0.2, -0.15) is 10.5 Å². The SMILES string of the molecule is N#CC(C#N)=CNc1cc(Br)ccc1C(=O)O. The molecule has 0 aliphatic heterocycles. The Balaban J connectivity index is 3.11. The van der Waals surface area contributed by atoms with E-state index in [0.29, 0.717) is 10.2 Å². The smallest absolute Gasteiger partial charge is 0.337 e. The van der Waals surface area contributed by atoms with Gasteiger partial charge in [0.25, 0.3) is 0 Å². The molecule has 84 valence electrons. The first-order chi connectivity index (χ1) is 8.08. The molecule has 2 N–H and O–H groups in total. The minimum absolute atomic E-state index is 0.0553. The highest BCUT2D eigenvalue weighted by molar-refractivity contribution is 9.10. The van der Waals surface area contributed by atoms with Gasteiger partial charge < -0.3 is 10.4 Å². The van der Waals surface area contributed by atoms with Crippen molar-refractivity contribution >= 4 is 27.6 Å². The first kappa shape index (κ1) is 12.8. The molecule has 0 amide bonds. The Morgan fingerprint density at radius 1 is 1.41 bits per heavy atom. The Hall–Kier alpha value is -2.31. The van der Waals surface area contributed by atoms with Gasteiger partial charge in [-0.1, -0.05) is 15.9 Å². The van der Waals surface area contributed by atoms with Gasteiger partial charge in [0.05, 0.1) is 11.3 Å². The predicted octanol–water partition coefficient (Wildman–Crippen LogP) is 2.49. The predicted molar refractivity (Wildman–Crippen MR) is 64.0 cm³/mol. The van der Waals surface area contributed by atoms with E-state index in [1.807, 2.05) is 0 Å². The van der Waals surface area contributed by atoms with Gasteiger partial charge in [-0.25, -0.2) is 4.79 Å². The lowest BCUT2D eigenvalue weighted by Crippen LogP contribution is -2.02. The molecule has 0 saturated heterocycles. The van der Waals surface area contributed by atoms with Crippen LogP contribution in [0.3, 0.4) is 0 Å². The van der Waals surface area contributed by atoms with E-state index in [0.717, 1.165) is 6.20 Å². The summed E-state index contributed by atoms with van der Waals surface area (Å²) in [5.41, 5.74) is 0.218. The van der Waals surface area contributed by atoms with Crippen molar-refractivity contribution in [2.75, 3.05) is 5.32 Å². The Labute approximate surface area is 106 Å². The molecular formula is C11H6BrN3O2. The lowest BCUT2D eigenvalue weighted by atomic mass is 10.2. The number of nitrogens with zero attached hydrogens (tertiary/aromatic N) is 2. The van der Waals surface area contributed by atoms with Crippen molar-refractivity contribution in [3.8, 4) is 12.1 Å². The number of anilines is 1. The van der Waals surface area contributed by atoms with Gasteiger partial charge in [0.1, 0.15) is 17.7 Å². The number of hydrogen-bond acceptors (Lipinski definition) is 4. The van der Waals surface area contributed by atoms with Crippen molar-refractivity contribution in [3.63, 3.8) is 0 Å². The normalized spacial score (nSPS) is 8.65. The van der Waals surface area contributed by atoms with Gasteiger partial charge in [-0.15, -0.1) is 0 Å². The number of nitrogens with one attached hydrogen (secondary N) is 1. The van der Waals surface area contributed by atoms with Crippen LogP contribution < -0.4 is 5.32 Å². The van der Waals surface area contributed by atoms with Crippen LogP contribution in [0, 0.1) is 22.7 Å². The number of halogens is 1. The van der Waals surface area contributed by atoms with Crippen LogP contribution in [0.15, 0.2) is 34.4 Å². The third kappa shape index (κ3) is 3.33. The lowest BCUT2D eigenvalue weighted by Gasteiger charge is -2.05. The Morgan fingerprint density at radius 3 is 2.59 bits per heavy atom. The number of hydrogen-bond donors (Lipinski definition) is 2. The van der Waals surface area contributed by atoms with Gasteiger partial charge in [-0.05, 0) is 18.2 Å². The fourth-order valence-corrected chi connectivity index (χ4v) is 1.42. The van der Waals surface area contributed by atoms with Crippen LogP contribution in [0.25, 0.3) is 0 Å². The zero-order valence-corrected chi connectivity index (χ0v) is 10.0. The fourth-order valence-electron chi connectivity index (χ4n) is 1.06. The van der Waals surface area contributed by atoms with Crippen molar-refractivity contribution < 1.29 is 9.90 Å². The molecule has 0 heterocycles.